The molecule has 0 aliphatic carbocycles. The highest BCUT2D eigenvalue weighted by Crippen LogP contribution is 2.35. The van der Waals surface area contributed by atoms with Crippen molar-refractivity contribution in [2.45, 2.75) is 0 Å². The van der Waals surface area contributed by atoms with Gasteiger partial charge in [-0.2, -0.15) is 0 Å². The fourth-order valence-corrected chi connectivity index (χ4v) is 2.68. The highest BCUT2D eigenvalue weighted by atomic mass is 16.5. The second kappa shape index (κ2) is 14.0. The second-order valence-electron chi connectivity index (χ2n) is 6.68. The summed E-state index contributed by atoms with van der Waals surface area (Å²) in [6.45, 7) is 1.73. The van der Waals surface area contributed by atoms with Crippen LogP contribution in [0.25, 0.3) is 10.9 Å². The van der Waals surface area contributed by atoms with Gasteiger partial charge in [-0.05, 0) is 24.3 Å². The number of ether oxygens (including phenoxy) is 4. The van der Waals surface area contributed by atoms with Gasteiger partial charge in [0.25, 0.3) is 0 Å². The molecule has 1 aromatic heterocycles. The predicted octanol–water partition coefficient (Wildman–Crippen LogP) is 2.56. The smallest absolute Gasteiger partial charge is 0.414 e. The van der Waals surface area contributed by atoms with Crippen molar-refractivity contribution in [2.24, 2.45) is 0 Å². The number of carboxylic acid groups (broad SMARTS) is 2. The number of hydrogen-bond acceptors (Lipinski definition) is 9. The number of carboxylic acids is 2. The molecule has 0 amide bonds. The molecule has 0 aliphatic rings. The number of nitrogens with one attached hydrogen (secondary N) is 1. The predicted molar refractivity (Wildman–Crippen MR) is 127 cm³/mol. The van der Waals surface area contributed by atoms with Crippen LogP contribution in [-0.2, 0) is 19.1 Å². The molecular weight excluding hydrogens is 458 g/mol. The van der Waals surface area contributed by atoms with Gasteiger partial charge in [0.1, 0.15) is 25.4 Å². The van der Waals surface area contributed by atoms with Crippen molar-refractivity contribution in [1.82, 2.24) is 9.97 Å². The minimum absolute atomic E-state index is 0.392. The molecule has 0 bridgehead atoms. The number of hydrogen-bond donors (Lipinski definition) is 3. The van der Waals surface area contributed by atoms with Gasteiger partial charge in [0.05, 0.1) is 18.7 Å². The Morgan fingerprint density at radius 2 is 1.57 bits per heavy atom. The molecule has 0 radical (unpaired) electrons. The van der Waals surface area contributed by atoms with Crippen molar-refractivity contribution in [3.8, 4) is 23.8 Å². The van der Waals surface area contributed by atoms with E-state index in [9.17, 15) is 0 Å². The van der Waals surface area contributed by atoms with E-state index >= 15 is 0 Å². The number of benzene rings is 2. The van der Waals surface area contributed by atoms with E-state index in [1.54, 1.807) is 14.2 Å². The van der Waals surface area contributed by atoms with E-state index in [0.29, 0.717) is 43.7 Å². The zero-order valence-corrected chi connectivity index (χ0v) is 19.2. The summed E-state index contributed by atoms with van der Waals surface area (Å²) in [6, 6.07) is 11.3. The van der Waals surface area contributed by atoms with Gasteiger partial charge >= 0.3 is 11.9 Å². The maximum atomic E-state index is 9.10. The lowest BCUT2D eigenvalue weighted by Gasteiger charge is -2.15. The molecule has 0 aliphatic heterocycles. The molecular formula is C24H25N3O8. The Labute approximate surface area is 201 Å². The number of terminal acetylenes is 1. The summed E-state index contributed by atoms with van der Waals surface area (Å²) in [5.41, 5.74) is 2.34. The van der Waals surface area contributed by atoms with E-state index in [1.807, 2.05) is 36.4 Å². The van der Waals surface area contributed by atoms with Crippen LogP contribution in [0.1, 0.15) is 5.56 Å². The van der Waals surface area contributed by atoms with Crippen molar-refractivity contribution in [2.75, 3.05) is 46.0 Å². The van der Waals surface area contributed by atoms with Crippen LogP contribution in [0.15, 0.2) is 42.7 Å². The Bertz CT molecular complexity index is 1180. The van der Waals surface area contributed by atoms with Gasteiger partial charge in [0.15, 0.2) is 11.5 Å². The molecule has 11 heteroatoms. The van der Waals surface area contributed by atoms with Crippen LogP contribution in [0.2, 0.25) is 0 Å². The SMILES string of the molecule is C#Cc1cccc(Nc2ncnc3cc(OCCOC)c(OCCOC)cc23)c1.O=C(O)C(=O)O. The van der Waals surface area contributed by atoms with Crippen molar-refractivity contribution in [1.29, 1.82) is 0 Å². The maximum absolute atomic E-state index is 9.10. The van der Waals surface area contributed by atoms with Crippen molar-refractivity contribution in [3.05, 3.63) is 48.3 Å². The summed E-state index contributed by atoms with van der Waals surface area (Å²) >= 11 is 0. The third-order valence-electron chi connectivity index (χ3n) is 4.27. The highest BCUT2D eigenvalue weighted by molar-refractivity contribution is 6.27. The molecule has 0 saturated carbocycles. The summed E-state index contributed by atoms with van der Waals surface area (Å²) < 4.78 is 21.8. The Hall–Kier alpha value is -4.40. The van der Waals surface area contributed by atoms with Crippen molar-refractivity contribution >= 4 is 34.3 Å². The van der Waals surface area contributed by atoms with Crippen molar-refractivity contribution in [3.63, 3.8) is 0 Å². The monoisotopic (exact) mass is 483 g/mol. The van der Waals surface area contributed by atoms with Crippen LogP contribution in [0.4, 0.5) is 11.5 Å². The molecule has 0 spiro atoms. The van der Waals surface area contributed by atoms with E-state index < -0.39 is 11.9 Å². The zero-order valence-electron chi connectivity index (χ0n) is 19.2. The molecule has 0 saturated heterocycles. The quantitative estimate of drug-likeness (QED) is 0.222. The normalized spacial score (nSPS) is 9.97. The summed E-state index contributed by atoms with van der Waals surface area (Å²) in [5, 5.41) is 18.9. The summed E-state index contributed by atoms with van der Waals surface area (Å²) in [6.07, 6.45) is 6.99. The minimum Gasteiger partial charge on any atom is -0.487 e. The zero-order chi connectivity index (χ0) is 25.6. The number of nitrogens with zero attached hydrogens (tertiary/aromatic N) is 2. The van der Waals surface area contributed by atoms with Gasteiger partial charge in [-0.15, -0.1) is 6.42 Å². The van der Waals surface area contributed by atoms with Crippen LogP contribution >= 0.6 is 0 Å². The Balaban J connectivity index is 0.000000641. The molecule has 0 atom stereocenters. The first-order chi connectivity index (χ1) is 16.9. The van der Waals surface area contributed by atoms with E-state index in [0.717, 1.165) is 22.2 Å². The first-order valence-corrected chi connectivity index (χ1v) is 10.2. The van der Waals surface area contributed by atoms with Gasteiger partial charge in [-0.3, -0.25) is 0 Å². The number of methoxy groups -OCH3 is 2. The topological polar surface area (TPSA) is 149 Å². The molecule has 11 nitrogen and oxygen atoms in total. The largest absolute Gasteiger partial charge is 0.487 e. The van der Waals surface area contributed by atoms with Crippen LogP contribution in [0, 0.1) is 12.3 Å². The molecule has 2 aromatic carbocycles. The molecule has 0 unspecified atom stereocenters. The first-order valence-electron chi connectivity index (χ1n) is 10.2. The standard InChI is InChI=1S/C22H23N3O4.C2H2O4/c1-4-16-6-5-7-17(12-16)25-22-18-13-20(28-10-8-26-2)21(29-11-9-27-3)14-19(18)23-15-24-22;3-1(4)2(5)6/h1,5-7,12-15H,8-11H2,2-3H3,(H,23,24,25);(H,3,4)(H,5,6). The second-order valence-corrected chi connectivity index (χ2v) is 6.68. The molecule has 3 N–H and O–H groups in total. The number of fused-ring (bicyclic) bond motifs is 1. The third kappa shape index (κ3) is 8.47. The average Bonchev–Trinajstić information content (AvgIpc) is 2.85. The lowest BCUT2D eigenvalue weighted by molar-refractivity contribution is -0.159. The van der Waals surface area contributed by atoms with E-state index in [2.05, 4.69) is 21.2 Å². The number of aliphatic carboxylic acids is 2. The average molecular weight is 483 g/mol. The van der Waals surface area contributed by atoms with Gasteiger partial charge in [0, 0.05) is 36.9 Å². The third-order valence-corrected chi connectivity index (χ3v) is 4.27. The number of carbonyl (C=O) groups is 2. The van der Waals surface area contributed by atoms with Crippen LogP contribution in [0.3, 0.4) is 0 Å². The lowest BCUT2D eigenvalue weighted by Crippen LogP contribution is -2.09. The van der Waals surface area contributed by atoms with Gasteiger partial charge < -0.3 is 34.5 Å². The van der Waals surface area contributed by atoms with Crippen LogP contribution in [-0.4, -0.2) is 72.8 Å². The van der Waals surface area contributed by atoms with Gasteiger partial charge in [0.2, 0.25) is 0 Å². The Kier molecular flexibility index (Phi) is 10.7. The first kappa shape index (κ1) is 26.8. The summed E-state index contributed by atoms with van der Waals surface area (Å²) in [4.78, 5) is 27.0. The van der Waals surface area contributed by atoms with Crippen LogP contribution < -0.4 is 14.8 Å². The van der Waals surface area contributed by atoms with Crippen molar-refractivity contribution < 1.29 is 38.7 Å². The molecule has 1 heterocycles. The fourth-order valence-electron chi connectivity index (χ4n) is 2.68. The molecule has 0 fully saturated rings. The highest BCUT2D eigenvalue weighted by Gasteiger charge is 2.13. The van der Waals surface area contributed by atoms with E-state index in [1.165, 1.54) is 6.33 Å². The lowest BCUT2D eigenvalue weighted by atomic mass is 10.2. The number of rotatable bonds is 10. The van der Waals surface area contributed by atoms with E-state index in [4.69, 9.17) is 45.2 Å². The minimum atomic E-state index is -1.82. The number of anilines is 2. The molecule has 3 aromatic rings. The van der Waals surface area contributed by atoms with Gasteiger partial charge in [-0.1, -0.05) is 12.0 Å². The summed E-state index contributed by atoms with van der Waals surface area (Å²) in [7, 11) is 3.25. The molecule has 184 valence electrons. The maximum Gasteiger partial charge on any atom is 0.414 e. The fraction of sp³-hybridized carbons (Fsp3) is 0.250. The van der Waals surface area contributed by atoms with E-state index in [-0.39, 0.29) is 0 Å². The molecule has 3 rings (SSSR count). The van der Waals surface area contributed by atoms with Crippen LogP contribution in [0.5, 0.6) is 11.5 Å². The summed E-state index contributed by atoms with van der Waals surface area (Å²) in [5.74, 6) is 0.795. The Morgan fingerprint density at radius 3 is 2.14 bits per heavy atom. The Morgan fingerprint density at radius 1 is 0.943 bits per heavy atom. The van der Waals surface area contributed by atoms with Gasteiger partial charge in [-0.25, -0.2) is 19.6 Å². The molecule has 35 heavy (non-hydrogen) atoms. The number of aromatic nitrogens is 2.